The van der Waals surface area contributed by atoms with Gasteiger partial charge >= 0.3 is 6.03 Å². The molecule has 26 heavy (non-hydrogen) atoms. The number of benzene rings is 1. The average molecular weight is 355 g/mol. The maximum atomic E-state index is 12.3. The number of amides is 5. The first-order valence-electron chi connectivity index (χ1n) is 8.55. The van der Waals surface area contributed by atoms with Crippen LogP contribution in [0.1, 0.15) is 24.0 Å². The Labute approximate surface area is 151 Å². The number of aryl methyl sites for hydroxylation is 2. The second-order valence-corrected chi connectivity index (χ2v) is 6.74. The van der Waals surface area contributed by atoms with Gasteiger partial charge in [0.05, 0.1) is 11.8 Å². The Balaban J connectivity index is 1.58. The van der Waals surface area contributed by atoms with E-state index in [-0.39, 0.29) is 23.7 Å². The van der Waals surface area contributed by atoms with Crippen molar-refractivity contribution in [2.75, 3.05) is 11.9 Å². The Bertz CT molecular complexity index is 789. The third-order valence-electron chi connectivity index (χ3n) is 4.78. The van der Waals surface area contributed by atoms with Crippen molar-refractivity contribution in [1.82, 2.24) is 10.2 Å². The first-order chi connectivity index (χ1) is 12.4. The molecule has 7 heteroatoms. The summed E-state index contributed by atoms with van der Waals surface area (Å²) in [6.07, 6.45) is 4.79. The van der Waals surface area contributed by atoms with Crippen LogP contribution < -0.4 is 10.6 Å². The molecule has 0 bridgehead atoms. The second kappa shape index (κ2) is 7.11. The molecule has 7 nitrogen and oxygen atoms in total. The topological polar surface area (TPSA) is 95.6 Å². The molecular weight excluding hydrogens is 334 g/mol. The van der Waals surface area contributed by atoms with E-state index in [2.05, 4.69) is 10.6 Å². The highest BCUT2D eigenvalue weighted by atomic mass is 16.2. The zero-order chi connectivity index (χ0) is 18.8. The summed E-state index contributed by atoms with van der Waals surface area (Å²) in [7, 11) is 0. The molecule has 0 spiro atoms. The lowest BCUT2D eigenvalue weighted by atomic mass is 9.85. The molecule has 0 unspecified atom stereocenters. The Morgan fingerprint density at radius 2 is 1.69 bits per heavy atom. The number of anilines is 1. The minimum Gasteiger partial charge on any atom is -0.307 e. The van der Waals surface area contributed by atoms with E-state index >= 15 is 0 Å². The van der Waals surface area contributed by atoms with Crippen LogP contribution in [0.3, 0.4) is 0 Å². The van der Waals surface area contributed by atoms with Gasteiger partial charge in [0.2, 0.25) is 17.7 Å². The predicted molar refractivity (Wildman–Crippen MR) is 95.2 cm³/mol. The maximum Gasteiger partial charge on any atom is 0.325 e. The Morgan fingerprint density at radius 3 is 2.27 bits per heavy atom. The van der Waals surface area contributed by atoms with E-state index in [1.807, 2.05) is 38.1 Å². The zero-order valence-electron chi connectivity index (χ0n) is 14.7. The number of carbonyl (C=O) groups is 4. The van der Waals surface area contributed by atoms with E-state index in [1.165, 1.54) is 0 Å². The molecule has 1 aromatic carbocycles. The molecule has 1 aliphatic heterocycles. The lowest BCUT2D eigenvalue weighted by Crippen LogP contribution is -2.44. The van der Waals surface area contributed by atoms with E-state index < -0.39 is 18.5 Å². The van der Waals surface area contributed by atoms with Crippen molar-refractivity contribution in [3.05, 3.63) is 41.5 Å². The van der Waals surface area contributed by atoms with E-state index in [0.717, 1.165) is 16.0 Å². The summed E-state index contributed by atoms with van der Waals surface area (Å²) in [5, 5.41) is 4.77. The highest BCUT2D eigenvalue weighted by molar-refractivity contribution is 6.09. The number of hydrogen-bond donors (Lipinski definition) is 2. The molecule has 2 atom stereocenters. The third kappa shape index (κ3) is 3.51. The number of rotatable bonds is 3. The molecule has 1 fully saturated rings. The van der Waals surface area contributed by atoms with Gasteiger partial charge in [0.25, 0.3) is 0 Å². The van der Waals surface area contributed by atoms with Crippen LogP contribution in [-0.4, -0.2) is 35.2 Å². The highest BCUT2D eigenvalue weighted by Crippen LogP contribution is 2.34. The van der Waals surface area contributed by atoms with E-state index in [9.17, 15) is 19.2 Å². The smallest absolute Gasteiger partial charge is 0.307 e. The lowest BCUT2D eigenvalue weighted by Gasteiger charge is -2.14. The SMILES string of the molecule is Cc1ccc(NC(=O)NC(=O)CN2C(=O)[C@@H]3CC=CC[C@H]3C2=O)c(C)c1. The number of carbonyl (C=O) groups excluding carboxylic acids is 4. The molecule has 2 N–H and O–H groups in total. The zero-order valence-corrected chi connectivity index (χ0v) is 14.7. The van der Waals surface area contributed by atoms with Crippen LogP contribution in [0, 0.1) is 25.7 Å². The summed E-state index contributed by atoms with van der Waals surface area (Å²) in [6, 6.07) is 4.82. The van der Waals surface area contributed by atoms with E-state index in [0.29, 0.717) is 18.5 Å². The van der Waals surface area contributed by atoms with Gasteiger partial charge in [-0.25, -0.2) is 4.79 Å². The number of nitrogens with zero attached hydrogens (tertiary/aromatic N) is 1. The number of likely N-dealkylation sites (tertiary alicyclic amines) is 1. The lowest BCUT2D eigenvalue weighted by molar-refractivity contribution is -0.143. The standard InChI is InChI=1S/C19H21N3O4/c1-11-7-8-15(12(2)9-11)20-19(26)21-16(23)10-22-17(24)13-5-3-4-6-14(13)18(22)25/h3-4,7-9,13-14H,5-6,10H2,1-2H3,(H2,20,21,23,26)/t13-,14-/m1/s1. The van der Waals surface area contributed by atoms with E-state index in [1.54, 1.807) is 6.07 Å². The fourth-order valence-corrected chi connectivity index (χ4v) is 3.44. The minimum atomic E-state index is -0.694. The largest absolute Gasteiger partial charge is 0.325 e. The summed E-state index contributed by atoms with van der Waals surface area (Å²) in [5.74, 6) is -2.14. The first kappa shape index (κ1) is 17.8. The van der Waals surface area contributed by atoms with Crippen molar-refractivity contribution in [3.63, 3.8) is 0 Å². The molecule has 1 aliphatic carbocycles. The second-order valence-electron chi connectivity index (χ2n) is 6.74. The van der Waals surface area contributed by atoms with Crippen molar-refractivity contribution in [2.24, 2.45) is 11.8 Å². The molecule has 2 aliphatic rings. The molecule has 0 aromatic heterocycles. The van der Waals surface area contributed by atoms with Crippen LogP contribution in [-0.2, 0) is 14.4 Å². The Hall–Kier alpha value is -2.96. The maximum absolute atomic E-state index is 12.3. The van der Waals surface area contributed by atoms with Crippen molar-refractivity contribution < 1.29 is 19.2 Å². The van der Waals surface area contributed by atoms with Gasteiger partial charge in [0.1, 0.15) is 6.54 Å². The highest BCUT2D eigenvalue weighted by Gasteiger charge is 2.47. The molecule has 0 radical (unpaired) electrons. The summed E-state index contributed by atoms with van der Waals surface area (Å²) in [5.41, 5.74) is 2.52. The number of allylic oxidation sites excluding steroid dienone is 2. The van der Waals surface area contributed by atoms with Crippen molar-refractivity contribution in [3.8, 4) is 0 Å². The van der Waals surface area contributed by atoms with Crippen LogP contribution in [0.4, 0.5) is 10.5 Å². The molecular formula is C19H21N3O4. The van der Waals surface area contributed by atoms with Gasteiger partial charge in [-0.2, -0.15) is 0 Å². The number of imide groups is 2. The Kier molecular flexibility index (Phi) is 4.88. The van der Waals surface area contributed by atoms with Crippen LogP contribution in [0.2, 0.25) is 0 Å². The molecule has 1 heterocycles. The van der Waals surface area contributed by atoms with Gasteiger partial charge in [-0.3, -0.25) is 24.6 Å². The fraction of sp³-hybridized carbons (Fsp3) is 0.368. The molecule has 136 valence electrons. The quantitative estimate of drug-likeness (QED) is 0.639. The summed E-state index contributed by atoms with van der Waals surface area (Å²) in [4.78, 5) is 49.7. The van der Waals surface area contributed by atoms with Crippen molar-refractivity contribution in [1.29, 1.82) is 0 Å². The number of hydrogen-bond acceptors (Lipinski definition) is 4. The Morgan fingerprint density at radius 1 is 1.08 bits per heavy atom. The van der Waals surface area contributed by atoms with Gasteiger partial charge < -0.3 is 5.32 Å². The predicted octanol–water partition coefficient (Wildman–Crippen LogP) is 1.90. The van der Waals surface area contributed by atoms with Gasteiger partial charge in [0, 0.05) is 5.69 Å². The fourth-order valence-electron chi connectivity index (χ4n) is 3.44. The van der Waals surface area contributed by atoms with Crippen molar-refractivity contribution in [2.45, 2.75) is 26.7 Å². The average Bonchev–Trinajstić information content (AvgIpc) is 2.83. The molecule has 1 saturated heterocycles. The molecule has 3 rings (SSSR count). The number of fused-ring (bicyclic) bond motifs is 1. The summed E-state index contributed by atoms with van der Waals surface area (Å²) in [6.45, 7) is 3.35. The summed E-state index contributed by atoms with van der Waals surface area (Å²) >= 11 is 0. The van der Waals surface area contributed by atoms with Gasteiger partial charge in [-0.1, -0.05) is 29.8 Å². The third-order valence-corrected chi connectivity index (χ3v) is 4.78. The first-order valence-corrected chi connectivity index (χ1v) is 8.55. The van der Waals surface area contributed by atoms with Crippen molar-refractivity contribution >= 4 is 29.4 Å². The molecule has 0 saturated carbocycles. The van der Waals surface area contributed by atoms with Crippen LogP contribution >= 0.6 is 0 Å². The molecule has 5 amide bonds. The molecule has 1 aromatic rings. The van der Waals surface area contributed by atoms with Crippen LogP contribution in [0.5, 0.6) is 0 Å². The number of urea groups is 1. The summed E-state index contributed by atoms with van der Waals surface area (Å²) < 4.78 is 0. The minimum absolute atomic E-state index is 0.339. The van der Waals surface area contributed by atoms with Crippen LogP contribution in [0.15, 0.2) is 30.4 Å². The van der Waals surface area contributed by atoms with E-state index in [4.69, 9.17) is 0 Å². The normalized spacial score (nSPS) is 21.5. The van der Waals surface area contributed by atoms with Crippen LogP contribution in [0.25, 0.3) is 0 Å². The van der Waals surface area contributed by atoms with Gasteiger partial charge in [-0.05, 0) is 38.3 Å². The van der Waals surface area contributed by atoms with Gasteiger partial charge in [0.15, 0.2) is 0 Å². The monoisotopic (exact) mass is 355 g/mol. The number of nitrogens with one attached hydrogen (secondary N) is 2. The van der Waals surface area contributed by atoms with Gasteiger partial charge in [-0.15, -0.1) is 0 Å².